The third-order valence-electron chi connectivity index (χ3n) is 4.02. The molecule has 1 aliphatic carbocycles. The second kappa shape index (κ2) is 7.32. The van der Waals surface area contributed by atoms with Crippen LogP contribution in [0, 0.1) is 18.8 Å². The van der Waals surface area contributed by atoms with Gasteiger partial charge in [0.15, 0.2) is 0 Å². The average molecular weight is 454 g/mol. The lowest BCUT2D eigenvalue weighted by atomic mass is 9.78. The minimum atomic E-state index is -0.938. The SMILES string of the molecule is Cc1c(Cl)cccc1NC(=O)[C@@H]1C[C@@H](Br)[C@H](Br)C[C@@H]1C(=O)O. The fraction of sp³-hybridized carbons (Fsp3) is 0.467. The number of rotatable bonds is 3. The van der Waals surface area contributed by atoms with E-state index in [0.29, 0.717) is 23.6 Å². The van der Waals surface area contributed by atoms with Crippen molar-refractivity contribution in [3.8, 4) is 0 Å². The van der Waals surface area contributed by atoms with Crippen molar-refractivity contribution >= 4 is 61.0 Å². The molecule has 4 nitrogen and oxygen atoms in total. The van der Waals surface area contributed by atoms with Crippen LogP contribution in [0.2, 0.25) is 5.02 Å². The molecule has 2 N–H and O–H groups in total. The standard InChI is InChI=1S/C15H16Br2ClNO3/c1-7-12(18)3-2-4-13(7)19-14(20)8-5-10(16)11(17)6-9(8)15(21)22/h2-4,8-11H,5-6H2,1H3,(H,19,20)(H,21,22)/t8-,9+,10-,11-/m1/s1. The number of amides is 1. The van der Waals surface area contributed by atoms with Gasteiger partial charge in [0, 0.05) is 20.4 Å². The Morgan fingerprint density at radius 3 is 2.41 bits per heavy atom. The van der Waals surface area contributed by atoms with Gasteiger partial charge in [0.25, 0.3) is 0 Å². The van der Waals surface area contributed by atoms with E-state index in [1.165, 1.54) is 0 Å². The van der Waals surface area contributed by atoms with Crippen LogP contribution in [0.25, 0.3) is 0 Å². The van der Waals surface area contributed by atoms with Gasteiger partial charge in [0.05, 0.1) is 11.8 Å². The summed E-state index contributed by atoms with van der Waals surface area (Å²) in [5, 5.41) is 12.8. The third kappa shape index (κ3) is 3.84. The highest BCUT2D eigenvalue weighted by atomic mass is 79.9. The monoisotopic (exact) mass is 451 g/mol. The maximum atomic E-state index is 12.5. The largest absolute Gasteiger partial charge is 0.481 e. The number of aliphatic carboxylic acids is 1. The normalized spacial score (nSPS) is 28.2. The van der Waals surface area contributed by atoms with Crippen LogP contribution in [0.4, 0.5) is 5.69 Å². The van der Waals surface area contributed by atoms with E-state index in [1.807, 2.05) is 6.92 Å². The fourth-order valence-corrected chi connectivity index (χ4v) is 4.05. The Bertz CT molecular complexity index is 596. The van der Waals surface area contributed by atoms with Crippen molar-refractivity contribution in [3.63, 3.8) is 0 Å². The maximum Gasteiger partial charge on any atom is 0.307 e. The minimum absolute atomic E-state index is 0.0468. The molecule has 0 radical (unpaired) electrons. The van der Waals surface area contributed by atoms with E-state index in [-0.39, 0.29) is 15.6 Å². The predicted octanol–water partition coefficient (Wildman–Crippen LogP) is 4.22. The molecule has 0 heterocycles. The first kappa shape index (κ1) is 17.8. The number of carbonyl (C=O) groups is 2. The summed E-state index contributed by atoms with van der Waals surface area (Å²) in [6.45, 7) is 1.81. The molecule has 1 fully saturated rings. The molecule has 1 aromatic carbocycles. The number of alkyl halides is 2. The van der Waals surface area contributed by atoms with E-state index in [4.69, 9.17) is 11.6 Å². The molecule has 0 aliphatic heterocycles. The summed E-state index contributed by atoms with van der Waals surface area (Å²) >= 11 is 13.0. The van der Waals surface area contributed by atoms with Crippen LogP contribution < -0.4 is 5.32 Å². The number of hydrogen-bond donors (Lipinski definition) is 2. The smallest absolute Gasteiger partial charge is 0.307 e. The topological polar surface area (TPSA) is 66.4 Å². The summed E-state index contributed by atoms with van der Waals surface area (Å²) in [6, 6.07) is 5.26. The van der Waals surface area contributed by atoms with Crippen molar-refractivity contribution in [3.05, 3.63) is 28.8 Å². The van der Waals surface area contributed by atoms with Gasteiger partial charge in [-0.15, -0.1) is 0 Å². The fourth-order valence-electron chi connectivity index (χ4n) is 2.64. The predicted molar refractivity (Wildman–Crippen MR) is 94.1 cm³/mol. The molecule has 22 heavy (non-hydrogen) atoms. The van der Waals surface area contributed by atoms with Gasteiger partial charge in [-0.1, -0.05) is 49.5 Å². The number of nitrogens with one attached hydrogen (secondary N) is 1. The number of carbonyl (C=O) groups excluding carboxylic acids is 1. The zero-order chi connectivity index (χ0) is 16.4. The summed E-state index contributed by atoms with van der Waals surface area (Å²) in [6.07, 6.45) is 0.885. The molecule has 4 atom stereocenters. The average Bonchev–Trinajstić information content (AvgIpc) is 2.46. The quantitative estimate of drug-likeness (QED) is 0.674. The van der Waals surface area contributed by atoms with Gasteiger partial charge in [-0.3, -0.25) is 9.59 Å². The Balaban J connectivity index is 2.19. The van der Waals surface area contributed by atoms with Crippen LogP contribution in [-0.4, -0.2) is 26.6 Å². The number of carboxylic acid groups (broad SMARTS) is 1. The second-order valence-corrected chi connectivity index (χ2v) is 8.22. The van der Waals surface area contributed by atoms with E-state index in [1.54, 1.807) is 18.2 Å². The molecule has 0 aromatic heterocycles. The number of carboxylic acids is 1. The van der Waals surface area contributed by atoms with Crippen LogP contribution in [0.1, 0.15) is 18.4 Å². The molecule has 0 unspecified atom stereocenters. The Hall–Kier alpha value is -0.590. The lowest BCUT2D eigenvalue weighted by Crippen LogP contribution is -2.42. The first-order valence-electron chi connectivity index (χ1n) is 6.88. The molecule has 7 heteroatoms. The molecule has 2 rings (SSSR count). The van der Waals surface area contributed by atoms with E-state index in [9.17, 15) is 14.7 Å². The van der Waals surface area contributed by atoms with Gasteiger partial charge in [-0.2, -0.15) is 0 Å². The Morgan fingerprint density at radius 2 is 1.82 bits per heavy atom. The van der Waals surface area contributed by atoms with Gasteiger partial charge in [-0.05, 0) is 37.5 Å². The zero-order valence-electron chi connectivity index (χ0n) is 11.9. The van der Waals surface area contributed by atoms with Crippen molar-refractivity contribution < 1.29 is 14.7 Å². The van der Waals surface area contributed by atoms with Crippen molar-refractivity contribution in [1.29, 1.82) is 0 Å². The number of halogens is 3. The summed E-state index contributed by atoms with van der Waals surface area (Å²) in [4.78, 5) is 24.1. The molecule has 0 spiro atoms. The molecule has 1 saturated carbocycles. The number of anilines is 1. The molecule has 1 aliphatic rings. The van der Waals surface area contributed by atoms with Crippen LogP contribution in [0.15, 0.2) is 18.2 Å². The van der Waals surface area contributed by atoms with E-state index in [2.05, 4.69) is 37.2 Å². The van der Waals surface area contributed by atoms with Crippen molar-refractivity contribution in [1.82, 2.24) is 0 Å². The van der Waals surface area contributed by atoms with E-state index < -0.39 is 17.8 Å². The maximum absolute atomic E-state index is 12.5. The molecule has 0 saturated heterocycles. The number of benzene rings is 1. The highest BCUT2D eigenvalue weighted by Crippen LogP contribution is 2.38. The lowest BCUT2D eigenvalue weighted by Gasteiger charge is -2.34. The first-order chi connectivity index (χ1) is 10.3. The Kier molecular flexibility index (Phi) is 5.91. The minimum Gasteiger partial charge on any atom is -0.481 e. The van der Waals surface area contributed by atoms with Crippen LogP contribution in [0.5, 0.6) is 0 Å². The Morgan fingerprint density at radius 1 is 1.23 bits per heavy atom. The summed E-state index contributed by atoms with van der Waals surface area (Å²) in [7, 11) is 0. The van der Waals surface area contributed by atoms with E-state index in [0.717, 1.165) is 5.56 Å². The molecule has 1 aromatic rings. The third-order valence-corrected chi connectivity index (χ3v) is 7.16. The van der Waals surface area contributed by atoms with Crippen LogP contribution in [0.3, 0.4) is 0 Å². The summed E-state index contributed by atoms with van der Waals surface area (Å²) < 4.78 is 0. The van der Waals surface area contributed by atoms with Gasteiger partial charge >= 0.3 is 5.97 Å². The summed E-state index contributed by atoms with van der Waals surface area (Å²) in [5.74, 6) is -2.49. The van der Waals surface area contributed by atoms with E-state index >= 15 is 0 Å². The van der Waals surface area contributed by atoms with Crippen molar-refractivity contribution in [2.24, 2.45) is 11.8 Å². The van der Waals surface area contributed by atoms with Crippen molar-refractivity contribution in [2.45, 2.75) is 29.4 Å². The van der Waals surface area contributed by atoms with Crippen molar-refractivity contribution in [2.75, 3.05) is 5.32 Å². The van der Waals surface area contributed by atoms with Crippen LogP contribution >= 0.6 is 43.5 Å². The van der Waals surface area contributed by atoms with Crippen LogP contribution in [-0.2, 0) is 9.59 Å². The van der Waals surface area contributed by atoms with Gasteiger partial charge in [-0.25, -0.2) is 0 Å². The molecule has 1 amide bonds. The number of hydrogen-bond acceptors (Lipinski definition) is 2. The van der Waals surface area contributed by atoms with Gasteiger partial charge < -0.3 is 10.4 Å². The molecular weight excluding hydrogens is 437 g/mol. The summed E-state index contributed by atoms with van der Waals surface area (Å²) in [5.41, 5.74) is 1.39. The first-order valence-corrected chi connectivity index (χ1v) is 9.09. The lowest BCUT2D eigenvalue weighted by molar-refractivity contribution is -0.147. The molecular formula is C15H16Br2ClNO3. The highest BCUT2D eigenvalue weighted by molar-refractivity contribution is 9.12. The Labute approximate surface area is 150 Å². The van der Waals surface area contributed by atoms with Gasteiger partial charge in [0.1, 0.15) is 0 Å². The zero-order valence-corrected chi connectivity index (χ0v) is 15.8. The highest BCUT2D eigenvalue weighted by Gasteiger charge is 2.42. The van der Waals surface area contributed by atoms with Gasteiger partial charge in [0.2, 0.25) is 5.91 Å². The molecule has 0 bridgehead atoms. The second-order valence-electron chi connectivity index (χ2n) is 5.46. The molecule has 120 valence electrons.